The number of aromatic nitrogens is 2. The van der Waals surface area contributed by atoms with Gasteiger partial charge >= 0.3 is 0 Å². The monoisotopic (exact) mass is 406 g/mol. The minimum absolute atomic E-state index is 0.0352. The zero-order valence-electron chi connectivity index (χ0n) is 14.4. The minimum atomic E-state index is -0.569. The molecule has 1 saturated carbocycles. The fourth-order valence-corrected chi connectivity index (χ4v) is 3.76. The van der Waals surface area contributed by atoms with Crippen molar-refractivity contribution in [1.29, 1.82) is 0 Å². The summed E-state index contributed by atoms with van der Waals surface area (Å²) in [6.07, 6.45) is 6.11. The highest BCUT2D eigenvalue weighted by molar-refractivity contribution is 7.71. The van der Waals surface area contributed by atoms with Gasteiger partial charge in [-0.05, 0) is 37.2 Å². The van der Waals surface area contributed by atoms with E-state index in [1.807, 2.05) is 0 Å². The number of carbonyl (C=O) groups excluding carboxylic acids is 1. The number of halogens is 1. The molecular formula is C18H19ClN4O3S. The van der Waals surface area contributed by atoms with Crippen LogP contribution in [0.25, 0.3) is 0 Å². The van der Waals surface area contributed by atoms with Crippen molar-refractivity contribution in [3.63, 3.8) is 0 Å². The summed E-state index contributed by atoms with van der Waals surface area (Å²) in [5.41, 5.74) is 1.93. The molecule has 0 aliphatic heterocycles. The summed E-state index contributed by atoms with van der Waals surface area (Å²) < 4.78 is 1.74. The van der Waals surface area contributed by atoms with Crippen molar-refractivity contribution >= 4 is 35.9 Å². The van der Waals surface area contributed by atoms with Gasteiger partial charge in [0, 0.05) is 6.04 Å². The molecule has 1 aromatic heterocycles. The zero-order valence-corrected chi connectivity index (χ0v) is 16.0. The summed E-state index contributed by atoms with van der Waals surface area (Å²) in [4.78, 5) is 26.9. The Morgan fingerprint density at radius 3 is 2.74 bits per heavy atom. The Balaban J connectivity index is 1.85. The average molecular weight is 407 g/mol. The van der Waals surface area contributed by atoms with Crippen molar-refractivity contribution in [1.82, 2.24) is 15.0 Å². The van der Waals surface area contributed by atoms with E-state index in [2.05, 4.69) is 15.5 Å². The maximum Gasteiger partial charge on any atom is 0.272 e. The number of aromatic hydroxyl groups is 1. The summed E-state index contributed by atoms with van der Waals surface area (Å²) in [5, 5.41) is 14.7. The number of amides is 1. The van der Waals surface area contributed by atoms with Gasteiger partial charge in [0.05, 0.1) is 16.8 Å². The van der Waals surface area contributed by atoms with Crippen LogP contribution >= 0.6 is 23.8 Å². The molecule has 1 fully saturated rings. The van der Waals surface area contributed by atoms with E-state index < -0.39 is 11.5 Å². The number of hydrogen-bond acceptors (Lipinski definition) is 5. The molecule has 2 aromatic rings. The largest absolute Gasteiger partial charge is 0.494 e. The van der Waals surface area contributed by atoms with Gasteiger partial charge in [-0.3, -0.25) is 19.1 Å². The van der Waals surface area contributed by atoms with Crippen LogP contribution in [0.3, 0.4) is 0 Å². The van der Waals surface area contributed by atoms with Gasteiger partial charge in [0.25, 0.3) is 11.5 Å². The van der Waals surface area contributed by atoms with Gasteiger partial charge in [-0.15, -0.1) is 0 Å². The molecule has 0 atom stereocenters. The average Bonchev–Trinajstić information content (AvgIpc) is 2.65. The summed E-state index contributed by atoms with van der Waals surface area (Å²) >= 11 is 11.2. The maximum atomic E-state index is 12.2. The number of hydrazone groups is 1. The maximum absolute atomic E-state index is 12.2. The molecule has 1 aromatic carbocycles. The highest BCUT2D eigenvalue weighted by Crippen LogP contribution is 2.31. The fraction of sp³-hybridized carbons (Fsp3) is 0.333. The number of hydrogen-bond donors (Lipinski definition) is 3. The molecule has 0 unspecified atom stereocenters. The summed E-state index contributed by atoms with van der Waals surface area (Å²) in [6, 6.07) is 6.57. The van der Waals surface area contributed by atoms with Crippen LogP contribution in [0, 0.1) is 4.77 Å². The van der Waals surface area contributed by atoms with Crippen LogP contribution in [0.15, 0.2) is 34.2 Å². The van der Waals surface area contributed by atoms with Crippen LogP contribution in [0.5, 0.6) is 5.88 Å². The lowest BCUT2D eigenvalue weighted by Gasteiger charge is -2.25. The van der Waals surface area contributed by atoms with E-state index in [9.17, 15) is 14.7 Å². The second kappa shape index (κ2) is 8.49. The van der Waals surface area contributed by atoms with E-state index in [0.29, 0.717) is 0 Å². The Bertz CT molecular complexity index is 993. The molecule has 0 bridgehead atoms. The lowest BCUT2D eigenvalue weighted by Crippen LogP contribution is -2.24. The first-order valence-corrected chi connectivity index (χ1v) is 9.43. The van der Waals surface area contributed by atoms with E-state index >= 15 is 0 Å². The molecule has 3 N–H and O–H groups in total. The van der Waals surface area contributed by atoms with E-state index in [-0.39, 0.29) is 32.8 Å². The van der Waals surface area contributed by atoms with Crippen molar-refractivity contribution < 1.29 is 9.90 Å². The Labute approximate surface area is 165 Å². The zero-order chi connectivity index (χ0) is 19.4. The predicted octanol–water partition coefficient (Wildman–Crippen LogP) is 3.53. The van der Waals surface area contributed by atoms with Crippen molar-refractivity contribution in [3.05, 3.63) is 55.5 Å². The number of nitrogens with zero attached hydrogens (tertiary/aromatic N) is 2. The van der Waals surface area contributed by atoms with Crippen LogP contribution in [-0.4, -0.2) is 26.8 Å². The van der Waals surface area contributed by atoms with Crippen LogP contribution in [-0.2, 0) is 0 Å². The molecule has 1 aliphatic rings. The molecule has 3 rings (SSSR count). The molecule has 142 valence electrons. The SMILES string of the molecule is O=C(N/N=C/c1c(O)n(C2CCCCC2)c(=S)[nH]c1=O)c1ccccc1Cl. The van der Waals surface area contributed by atoms with Gasteiger partial charge in [0.15, 0.2) is 4.77 Å². The smallest absolute Gasteiger partial charge is 0.272 e. The van der Waals surface area contributed by atoms with Crippen molar-refractivity contribution in [3.8, 4) is 5.88 Å². The highest BCUT2D eigenvalue weighted by Gasteiger charge is 2.21. The number of aromatic amines is 1. The van der Waals surface area contributed by atoms with Crippen LogP contribution in [0.2, 0.25) is 5.02 Å². The molecule has 1 heterocycles. The lowest BCUT2D eigenvalue weighted by atomic mass is 9.95. The Kier molecular flexibility index (Phi) is 6.08. The molecule has 0 radical (unpaired) electrons. The first kappa shape index (κ1) is 19.3. The second-order valence-corrected chi connectivity index (χ2v) is 7.13. The first-order valence-electron chi connectivity index (χ1n) is 8.64. The van der Waals surface area contributed by atoms with Gasteiger partial charge in [-0.1, -0.05) is 43.0 Å². The number of H-pyrrole nitrogens is 1. The Morgan fingerprint density at radius 2 is 2.04 bits per heavy atom. The Hall–Kier alpha value is -2.45. The Morgan fingerprint density at radius 1 is 1.33 bits per heavy atom. The molecule has 1 amide bonds. The van der Waals surface area contributed by atoms with Crippen LogP contribution in [0.4, 0.5) is 0 Å². The summed E-state index contributed by atoms with van der Waals surface area (Å²) in [7, 11) is 0. The molecule has 7 nitrogen and oxygen atoms in total. The molecule has 9 heteroatoms. The normalized spacial score (nSPS) is 15.1. The third-order valence-corrected chi connectivity index (χ3v) is 5.20. The third-order valence-electron chi connectivity index (χ3n) is 4.57. The lowest BCUT2D eigenvalue weighted by molar-refractivity contribution is 0.0955. The van der Waals surface area contributed by atoms with E-state index in [4.69, 9.17) is 23.8 Å². The summed E-state index contributed by atoms with van der Waals surface area (Å²) in [5.74, 6) is -0.765. The van der Waals surface area contributed by atoms with Crippen molar-refractivity contribution in [2.24, 2.45) is 5.10 Å². The number of carbonyl (C=O) groups is 1. The summed E-state index contributed by atoms with van der Waals surface area (Å²) in [6.45, 7) is 0. The van der Waals surface area contributed by atoms with Gasteiger partial charge in [0.2, 0.25) is 5.88 Å². The first-order chi connectivity index (χ1) is 13.0. The standard InChI is InChI=1S/C18H19ClN4O3S/c19-14-9-5-4-8-12(14)16(25)22-20-10-13-15(24)21-18(27)23(17(13)26)11-6-2-1-3-7-11/h4-5,8-11,26H,1-3,6-7H2,(H,22,25)(H,21,24,27)/b20-10+. The van der Waals surface area contributed by atoms with E-state index in [0.717, 1.165) is 38.3 Å². The molecule has 0 spiro atoms. The number of benzene rings is 1. The molecule has 0 saturated heterocycles. The quantitative estimate of drug-likeness (QED) is 0.411. The van der Waals surface area contributed by atoms with E-state index in [1.54, 1.807) is 28.8 Å². The van der Waals surface area contributed by atoms with Crippen LogP contribution < -0.4 is 11.0 Å². The van der Waals surface area contributed by atoms with Gasteiger partial charge in [-0.2, -0.15) is 5.10 Å². The fourth-order valence-electron chi connectivity index (χ4n) is 3.21. The third kappa shape index (κ3) is 4.28. The molecular weight excluding hydrogens is 388 g/mol. The number of rotatable bonds is 4. The predicted molar refractivity (Wildman–Crippen MR) is 106 cm³/mol. The topological polar surface area (TPSA) is 99.5 Å². The van der Waals surface area contributed by atoms with Gasteiger partial charge in [-0.25, -0.2) is 5.43 Å². The van der Waals surface area contributed by atoms with Gasteiger partial charge < -0.3 is 5.11 Å². The molecule has 27 heavy (non-hydrogen) atoms. The highest BCUT2D eigenvalue weighted by atomic mass is 35.5. The van der Waals surface area contributed by atoms with Crippen LogP contribution in [0.1, 0.15) is 54.1 Å². The minimum Gasteiger partial charge on any atom is -0.494 e. The second-order valence-electron chi connectivity index (χ2n) is 6.34. The van der Waals surface area contributed by atoms with E-state index in [1.165, 1.54) is 0 Å². The van der Waals surface area contributed by atoms with Crippen molar-refractivity contribution in [2.45, 2.75) is 38.1 Å². The molecule has 1 aliphatic carbocycles. The number of nitrogens with one attached hydrogen (secondary N) is 2. The van der Waals surface area contributed by atoms with Gasteiger partial charge in [0.1, 0.15) is 5.56 Å². The van der Waals surface area contributed by atoms with Crippen molar-refractivity contribution in [2.75, 3.05) is 0 Å².